The topological polar surface area (TPSA) is 67.6 Å². The number of ether oxygens (including phenoxy) is 1. The standard InChI is InChI=1S/C11H21N3O2S/c1-14(2)6-8-16-7-5-13-10(15)11(3-4-11)9(12)17/h3-8H2,1-2H3,(H2,12,17)(H,13,15). The van der Waals surface area contributed by atoms with Crippen LogP contribution in [0.2, 0.25) is 0 Å². The Kier molecular flexibility index (Phi) is 5.30. The van der Waals surface area contributed by atoms with Crippen LogP contribution in [0.15, 0.2) is 0 Å². The smallest absolute Gasteiger partial charge is 0.233 e. The lowest BCUT2D eigenvalue weighted by atomic mass is 10.1. The van der Waals surface area contributed by atoms with E-state index in [4.69, 9.17) is 22.7 Å². The molecule has 0 radical (unpaired) electrons. The van der Waals surface area contributed by atoms with Crippen LogP contribution in [0.25, 0.3) is 0 Å². The molecule has 0 aromatic heterocycles. The summed E-state index contributed by atoms with van der Waals surface area (Å²) in [4.78, 5) is 14.1. The molecule has 3 N–H and O–H groups in total. The Morgan fingerprint density at radius 2 is 2.12 bits per heavy atom. The first-order valence-electron chi connectivity index (χ1n) is 5.80. The molecule has 98 valence electrons. The summed E-state index contributed by atoms with van der Waals surface area (Å²) < 4.78 is 5.37. The minimum Gasteiger partial charge on any atom is -0.392 e. The molecular formula is C11H21N3O2S. The van der Waals surface area contributed by atoms with Crippen molar-refractivity contribution in [2.24, 2.45) is 11.1 Å². The van der Waals surface area contributed by atoms with Crippen molar-refractivity contribution in [2.75, 3.05) is 40.4 Å². The molecule has 17 heavy (non-hydrogen) atoms. The van der Waals surface area contributed by atoms with Crippen LogP contribution in [0.3, 0.4) is 0 Å². The largest absolute Gasteiger partial charge is 0.392 e. The summed E-state index contributed by atoms with van der Waals surface area (Å²) in [5.74, 6) is -0.0544. The number of nitrogens with two attached hydrogens (primary N) is 1. The molecule has 1 fully saturated rings. The van der Waals surface area contributed by atoms with Gasteiger partial charge in [0.2, 0.25) is 5.91 Å². The third-order valence-electron chi connectivity index (χ3n) is 2.87. The van der Waals surface area contributed by atoms with Gasteiger partial charge < -0.3 is 20.7 Å². The number of rotatable bonds is 8. The molecule has 0 saturated heterocycles. The molecule has 0 unspecified atom stereocenters. The fourth-order valence-corrected chi connectivity index (χ4v) is 1.76. The second-order valence-corrected chi connectivity index (χ2v) is 5.06. The van der Waals surface area contributed by atoms with Gasteiger partial charge in [-0.3, -0.25) is 4.79 Å². The molecular weight excluding hydrogens is 238 g/mol. The van der Waals surface area contributed by atoms with Gasteiger partial charge in [0.05, 0.1) is 23.6 Å². The number of nitrogens with zero attached hydrogens (tertiary/aromatic N) is 1. The highest BCUT2D eigenvalue weighted by Crippen LogP contribution is 2.46. The molecule has 1 aliphatic carbocycles. The lowest BCUT2D eigenvalue weighted by molar-refractivity contribution is -0.124. The first-order chi connectivity index (χ1) is 7.99. The molecule has 1 saturated carbocycles. The van der Waals surface area contributed by atoms with Crippen LogP contribution in [0, 0.1) is 5.41 Å². The van der Waals surface area contributed by atoms with Crippen molar-refractivity contribution < 1.29 is 9.53 Å². The van der Waals surface area contributed by atoms with Crippen LogP contribution in [-0.4, -0.2) is 56.2 Å². The van der Waals surface area contributed by atoms with Crippen LogP contribution >= 0.6 is 12.2 Å². The lowest BCUT2D eigenvalue weighted by Crippen LogP contribution is -2.40. The van der Waals surface area contributed by atoms with E-state index in [2.05, 4.69) is 5.32 Å². The Morgan fingerprint density at radius 1 is 1.47 bits per heavy atom. The molecule has 1 aliphatic rings. The number of carbonyl (C=O) groups excluding carboxylic acids is 1. The highest BCUT2D eigenvalue weighted by Gasteiger charge is 2.52. The second kappa shape index (κ2) is 6.28. The van der Waals surface area contributed by atoms with Gasteiger partial charge in [0, 0.05) is 13.1 Å². The zero-order valence-electron chi connectivity index (χ0n) is 10.5. The molecule has 1 amide bonds. The summed E-state index contributed by atoms with van der Waals surface area (Å²) in [6.07, 6.45) is 1.55. The van der Waals surface area contributed by atoms with Crippen LogP contribution in [0.4, 0.5) is 0 Å². The van der Waals surface area contributed by atoms with Crippen LogP contribution in [0.1, 0.15) is 12.8 Å². The van der Waals surface area contributed by atoms with E-state index in [9.17, 15) is 4.79 Å². The number of hydrogen-bond donors (Lipinski definition) is 2. The highest BCUT2D eigenvalue weighted by molar-refractivity contribution is 7.80. The SMILES string of the molecule is CN(C)CCOCCNC(=O)C1(C(N)=S)CC1. The van der Waals surface area contributed by atoms with Gasteiger partial charge in [0.25, 0.3) is 0 Å². The van der Waals surface area contributed by atoms with E-state index in [1.54, 1.807) is 0 Å². The molecule has 0 spiro atoms. The predicted octanol–water partition coefficient (Wildman–Crippen LogP) is -0.253. The Balaban J connectivity index is 2.07. The third kappa shape index (κ3) is 4.22. The van der Waals surface area contributed by atoms with Gasteiger partial charge in [-0.2, -0.15) is 0 Å². The molecule has 0 aliphatic heterocycles. The number of hydrogen-bond acceptors (Lipinski definition) is 4. The quantitative estimate of drug-likeness (QED) is 0.465. The number of likely N-dealkylation sites (N-methyl/N-ethyl adjacent to an activating group) is 1. The molecule has 0 bridgehead atoms. The van der Waals surface area contributed by atoms with E-state index >= 15 is 0 Å². The van der Waals surface area contributed by atoms with Crippen molar-refractivity contribution in [3.8, 4) is 0 Å². The summed E-state index contributed by atoms with van der Waals surface area (Å²) in [6.45, 7) is 2.58. The van der Waals surface area contributed by atoms with Gasteiger partial charge >= 0.3 is 0 Å². The van der Waals surface area contributed by atoms with Crippen molar-refractivity contribution in [1.29, 1.82) is 0 Å². The molecule has 5 nitrogen and oxygen atoms in total. The fraction of sp³-hybridized carbons (Fsp3) is 0.818. The first kappa shape index (κ1) is 14.3. The molecule has 1 rings (SSSR count). The van der Waals surface area contributed by atoms with Crippen molar-refractivity contribution >= 4 is 23.1 Å². The Morgan fingerprint density at radius 3 is 2.59 bits per heavy atom. The maximum absolute atomic E-state index is 11.8. The Bertz CT molecular complexity index is 290. The normalized spacial score (nSPS) is 16.9. The Labute approximate surface area is 108 Å². The van der Waals surface area contributed by atoms with Crippen molar-refractivity contribution in [3.05, 3.63) is 0 Å². The second-order valence-electron chi connectivity index (χ2n) is 4.62. The Hall–Kier alpha value is -0.720. The van der Waals surface area contributed by atoms with Gasteiger partial charge in [-0.1, -0.05) is 12.2 Å². The minimum absolute atomic E-state index is 0.0544. The van der Waals surface area contributed by atoms with Crippen LogP contribution in [0.5, 0.6) is 0 Å². The minimum atomic E-state index is -0.557. The summed E-state index contributed by atoms with van der Waals surface area (Å²) >= 11 is 4.90. The molecule has 0 heterocycles. The predicted molar refractivity (Wildman–Crippen MR) is 70.8 cm³/mol. The van der Waals surface area contributed by atoms with Crippen LogP contribution < -0.4 is 11.1 Å². The van der Waals surface area contributed by atoms with E-state index in [-0.39, 0.29) is 5.91 Å². The molecule has 0 aromatic carbocycles. The number of amides is 1. The monoisotopic (exact) mass is 259 g/mol. The summed E-state index contributed by atoms with van der Waals surface area (Å²) in [7, 11) is 3.98. The van der Waals surface area contributed by atoms with Gasteiger partial charge in [0.1, 0.15) is 0 Å². The number of carbonyl (C=O) groups is 1. The first-order valence-corrected chi connectivity index (χ1v) is 6.20. The van der Waals surface area contributed by atoms with Crippen molar-refractivity contribution in [3.63, 3.8) is 0 Å². The lowest BCUT2D eigenvalue weighted by Gasteiger charge is -2.14. The van der Waals surface area contributed by atoms with E-state index in [0.29, 0.717) is 24.7 Å². The third-order valence-corrected chi connectivity index (χ3v) is 3.26. The molecule has 0 aromatic rings. The van der Waals surface area contributed by atoms with E-state index in [1.165, 1.54) is 0 Å². The molecule has 6 heteroatoms. The summed E-state index contributed by atoms with van der Waals surface area (Å²) in [5.41, 5.74) is 5.00. The maximum Gasteiger partial charge on any atom is 0.233 e. The van der Waals surface area contributed by atoms with Gasteiger partial charge in [-0.25, -0.2) is 0 Å². The fourth-order valence-electron chi connectivity index (χ4n) is 1.47. The van der Waals surface area contributed by atoms with E-state index in [0.717, 1.165) is 19.4 Å². The van der Waals surface area contributed by atoms with Crippen molar-refractivity contribution in [2.45, 2.75) is 12.8 Å². The van der Waals surface area contributed by atoms with Gasteiger partial charge in [-0.05, 0) is 26.9 Å². The van der Waals surface area contributed by atoms with E-state index < -0.39 is 5.41 Å². The highest BCUT2D eigenvalue weighted by atomic mass is 32.1. The summed E-state index contributed by atoms with van der Waals surface area (Å²) in [6, 6.07) is 0. The van der Waals surface area contributed by atoms with Gasteiger partial charge in [-0.15, -0.1) is 0 Å². The van der Waals surface area contributed by atoms with E-state index in [1.807, 2.05) is 19.0 Å². The number of thiocarbonyl (C=S) groups is 1. The average Bonchev–Trinajstić information content (AvgIpc) is 3.03. The van der Waals surface area contributed by atoms with Crippen molar-refractivity contribution in [1.82, 2.24) is 10.2 Å². The zero-order valence-corrected chi connectivity index (χ0v) is 11.3. The summed E-state index contributed by atoms with van der Waals surface area (Å²) in [5, 5.41) is 2.81. The van der Waals surface area contributed by atoms with Gasteiger partial charge in [0.15, 0.2) is 0 Å². The maximum atomic E-state index is 11.8. The molecule has 0 atom stereocenters. The zero-order chi connectivity index (χ0) is 12.9. The van der Waals surface area contributed by atoms with Crippen LogP contribution in [-0.2, 0) is 9.53 Å². The average molecular weight is 259 g/mol. The number of nitrogens with one attached hydrogen (secondary N) is 1.